The van der Waals surface area contributed by atoms with Gasteiger partial charge in [0.05, 0.1) is 5.56 Å². The minimum atomic E-state index is -0.161. The van der Waals surface area contributed by atoms with Crippen molar-refractivity contribution >= 4 is 38.2 Å². The highest BCUT2D eigenvalue weighted by Gasteiger charge is 2.68. The maximum Gasteiger partial charge on any atom is 0.254 e. The third-order valence-electron chi connectivity index (χ3n) is 6.46. The lowest BCUT2D eigenvalue weighted by Gasteiger charge is -2.09. The van der Waals surface area contributed by atoms with Crippen LogP contribution in [-0.2, 0) is 4.79 Å². The van der Waals surface area contributed by atoms with E-state index in [1.807, 2.05) is 24.3 Å². The van der Waals surface area contributed by atoms with Gasteiger partial charge in [-0.1, -0.05) is 45.9 Å². The van der Waals surface area contributed by atoms with Crippen molar-refractivity contribution in [3.8, 4) is 0 Å². The lowest BCUT2D eigenvalue weighted by molar-refractivity contribution is -0.118. The molecule has 1 heterocycles. The molecule has 1 aliphatic carbocycles. The van der Waals surface area contributed by atoms with Crippen LogP contribution in [0.2, 0.25) is 0 Å². The van der Waals surface area contributed by atoms with Gasteiger partial charge < -0.3 is 15.7 Å². The number of carbonyl (C=O) groups is 2. The molecule has 3 rings (SSSR count). The summed E-state index contributed by atoms with van der Waals surface area (Å²) in [5, 5.41) is 16.4. The smallest absolute Gasteiger partial charge is 0.254 e. The average Bonchev–Trinajstić information content (AvgIpc) is 2.89. The Balaban J connectivity index is 1.80. The highest BCUT2D eigenvalue weighted by Crippen LogP contribution is 2.68. The predicted molar refractivity (Wildman–Crippen MR) is 115 cm³/mol. The Morgan fingerprint density at radius 3 is 2.39 bits per heavy atom. The van der Waals surface area contributed by atoms with E-state index < -0.39 is 0 Å². The van der Waals surface area contributed by atoms with Crippen LogP contribution < -0.4 is 10.6 Å². The zero-order valence-electron chi connectivity index (χ0n) is 17.1. The summed E-state index contributed by atoms with van der Waals surface area (Å²) in [5.41, 5.74) is 0.443. The third-order valence-corrected chi connectivity index (χ3v) is 7.55. The lowest BCUT2D eigenvalue weighted by atomic mass is 10.0. The van der Waals surface area contributed by atoms with Crippen LogP contribution in [-0.4, -0.2) is 30.1 Å². The minimum Gasteiger partial charge on any atom is -0.396 e. The molecule has 1 aromatic heterocycles. The molecule has 0 radical (unpaired) electrons. The summed E-state index contributed by atoms with van der Waals surface area (Å²) in [6, 6.07) is 7.74. The molecule has 0 saturated heterocycles. The first-order valence-corrected chi connectivity index (χ1v) is 10.7. The Kier molecular flexibility index (Phi) is 5.82. The van der Waals surface area contributed by atoms with Gasteiger partial charge in [0, 0.05) is 29.2 Å². The van der Waals surface area contributed by atoms with Crippen molar-refractivity contribution in [1.82, 2.24) is 5.32 Å². The van der Waals surface area contributed by atoms with E-state index in [0.29, 0.717) is 17.1 Å². The molecule has 0 unspecified atom stereocenters. The van der Waals surface area contributed by atoms with E-state index in [9.17, 15) is 9.59 Å². The second kappa shape index (κ2) is 7.84. The van der Waals surface area contributed by atoms with Crippen molar-refractivity contribution in [1.29, 1.82) is 0 Å². The molecule has 0 bridgehead atoms. The van der Waals surface area contributed by atoms with Gasteiger partial charge in [0.15, 0.2) is 0 Å². The molecule has 3 N–H and O–H groups in total. The molecule has 1 aromatic carbocycles. The normalized spacial score (nSPS) is 17.5. The standard InChI is InChI=1S/C22H30N2O3S/c1-21(2)17(22(21,3)4)19(27)24-20-16(14-10-6-7-11-15(14)28-20)18(26)23-12-8-5-9-13-25/h6-7,10-11,17,25H,5,8-9,12-13H2,1-4H3,(H,23,26)(H,24,27). The molecule has 28 heavy (non-hydrogen) atoms. The maximum absolute atomic E-state index is 12.9. The van der Waals surface area contributed by atoms with Gasteiger partial charge in [-0.05, 0) is 36.2 Å². The predicted octanol–water partition coefficient (Wildman–Crippen LogP) is 4.41. The minimum absolute atomic E-state index is 0.0152. The van der Waals surface area contributed by atoms with E-state index in [4.69, 9.17) is 5.11 Å². The Morgan fingerprint density at radius 1 is 1.07 bits per heavy atom. The molecule has 0 aliphatic heterocycles. The zero-order valence-corrected chi connectivity index (χ0v) is 17.9. The number of unbranched alkanes of at least 4 members (excludes halogenated alkanes) is 2. The summed E-state index contributed by atoms with van der Waals surface area (Å²) in [6.45, 7) is 9.18. The summed E-state index contributed by atoms with van der Waals surface area (Å²) in [4.78, 5) is 25.8. The fourth-order valence-corrected chi connectivity index (χ4v) is 5.20. The van der Waals surface area contributed by atoms with E-state index in [2.05, 4.69) is 38.3 Å². The van der Waals surface area contributed by atoms with Crippen LogP contribution in [0.15, 0.2) is 24.3 Å². The first-order chi connectivity index (χ1) is 13.2. The zero-order chi connectivity index (χ0) is 20.5. The third kappa shape index (κ3) is 3.67. The number of hydrogen-bond acceptors (Lipinski definition) is 4. The average molecular weight is 403 g/mol. The van der Waals surface area contributed by atoms with Crippen molar-refractivity contribution in [3.05, 3.63) is 29.8 Å². The SMILES string of the molecule is CC1(C)C(C(=O)Nc2sc3ccccc3c2C(=O)NCCCCCO)C1(C)C. The Hall–Kier alpha value is -1.92. The number of rotatable bonds is 8. The van der Waals surface area contributed by atoms with E-state index in [1.165, 1.54) is 11.3 Å². The summed E-state index contributed by atoms with van der Waals surface area (Å²) in [6.07, 6.45) is 2.43. The molecular formula is C22H30N2O3S. The number of thiophene rings is 1. The summed E-state index contributed by atoms with van der Waals surface area (Å²) in [5.74, 6) is -0.246. The van der Waals surface area contributed by atoms with Gasteiger partial charge in [0.1, 0.15) is 5.00 Å². The van der Waals surface area contributed by atoms with Crippen molar-refractivity contribution < 1.29 is 14.7 Å². The Labute approximate surface area is 170 Å². The summed E-state index contributed by atoms with van der Waals surface area (Å²) in [7, 11) is 0. The topological polar surface area (TPSA) is 78.4 Å². The first-order valence-electron chi connectivity index (χ1n) is 9.93. The van der Waals surface area contributed by atoms with E-state index in [-0.39, 0.29) is 35.2 Å². The fourth-order valence-electron chi connectivity index (χ4n) is 4.10. The number of anilines is 1. The number of aliphatic hydroxyl groups excluding tert-OH is 1. The summed E-state index contributed by atoms with van der Waals surface area (Å²) >= 11 is 1.45. The number of benzene rings is 1. The van der Waals surface area contributed by atoms with Crippen LogP contribution in [0.1, 0.15) is 57.3 Å². The molecule has 1 aliphatic rings. The second-order valence-corrected chi connectivity index (χ2v) is 9.76. The number of carbonyl (C=O) groups excluding carboxylic acids is 2. The van der Waals surface area contributed by atoms with Crippen molar-refractivity contribution in [3.63, 3.8) is 0 Å². The van der Waals surface area contributed by atoms with Crippen LogP contribution in [0, 0.1) is 16.7 Å². The molecule has 6 heteroatoms. The quantitative estimate of drug-likeness (QED) is 0.572. The number of hydrogen-bond donors (Lipinski definition) is 3. The van der Waals surface area contributed by atoms with Gasteiger partial charge >= 0.3 is 0 Å². The Morgan fingerprint density at radius 2 is 1.75 bits per heavy atom. The number of fused-ring (bicyclic) bond motifs is 1. The van der Waals surface area contributed by atoms with Gasteiger partial charge in [0.25, 0.3) is 5.91 Å². The number of nitrogens with one attached hydrogen (secondary N) is 2. The molecule has 2 aromatic rings. The summed E-state index contributed by atoms with van der Waals surface area (Å²) < 4.78 is 0.984. The van der Waals surface area contributed by atoms with E-state index >= 15 is 0 Å². The molecule has 1 saturated carbocycles. The second-order valence-electron chi connectivity index (χ2n) is 8.71. The molecule has 0 atom stereocenters. The molecular weight excluding hydrogens is 372 g/mol. The molecule has 2 amide bonds. The molecule has 152 valence electrons. The van der Waals surface area contributed by atoms with Crippen LogP contribution in [0.3, 0.4) is 0 Å². The van der Waals surface area contributed by atoms with Gasteiger partial charge in [-0.15, -0.1) is 11.3 Å². The van der Waals surface area contributed by atoms with Gasteiger partial charge in [0.2, 0.25) is 5.91 Å². The van der Waals surface area contributed by atoms with Gasteiger partial charge in [-0.3, -0.25) is 9.59 Å². The van der Waals surface area contributed by atoms with Crippen LogP contribution >= 0.6 is 11.3 Å². The molecule has 0 spiro atoms. The largest absolute Gasteiger partial charge is 0.396 e. The number of aliphatic hydroxyl groups is 1. The van der Waals surface area contributed by atoms with Crippen molar-refractivity contribution in [2.24, 2.45) is 16.7 Å². The first kappa shape index (κ1) is 20.8. The maximum atomic E-state index is 12.9. The fraction of sp³-hybridized carbons (Fsp3) is 0.545. The highest BCUT2D eigenvalue weighted by atomic mass is 32.1. The molecule has 5 nitrogen and oxygen atoms in total. The van der Waals surface area contributed by atoms with E-state index in [1.54, 1.807) is 0 Å². The number of amides is 2. The highest BCUT2D eigenvalue weighted by molar-refractivity contribution is 7.23. The van der Waals surface area contributed by atoms with Crippen LogP contribution in [0.25, 0.3) is 10.1 Å². The van der Waals surface area contributed by atoms with Crippen molar-refractivity contribution in [2.75, 3.05) is 18.5 Å². The van der Waals surface area contributed by atoms with Crippen molar-refractivity contribution in [2.45, 2.75) is 47.0 Å². The van der Waals surface area contributed by atoms with Crippen LogP contribution in [0.5, 0.6) is 0 Å². The van der Waals surface area contributed by atoms with Gasteiger partial charge in [-0.2, -0.15) is 0 Å². The van der Waals surface area contributed by atoms with E-state index in [0.717, 1.165) is 29.3 Å². The lowest BCUT2D eigenvalue weighted by Crippen LogP contribution is -2.26. The Bertz CT molecular complexity index is 871. The van der Waals surface area contributed by atoms with Crippen LogP contribution in [0.4, 0.5) is 5.00 Å². The van der Waals surface area contributed by atoms with Gasteiger partial charge in [-0.25, -0.2) is 0 Å². The molecule has 1 fully saturated rings. The monoisotopic (exact) mass is 402 g/mol.